The Kier molecular flexibility index (Phi) is 3.77. The summed E-state index contributed by atoms with van der Waals surface area (Å²) in [6, 6.07) is 14.6. The second kappa shape index (κ2) is 5.73. The number of aryl methyl sites for hydroxylation is 1. The number of hydrogen-bond acceptors (Lipinski definition) is 2. The van der Waals surface area contributed by atoms with E-state index in [0.29, 0.717) is 16.4 Å². The van der Waals surface area contributed by atoms with E-state index in [9.17, 15) is 4.79 Å². The first-order valence-electron chi connectivity index (χ1n) is 6.79. The standard InChI is InChI=1S/C17H15ClN2O2/c1-20-14-7-4-8-16(22-2)13(14)10-15(20)17(21)19-12-6-3-5-11(18)9-12/h3-10H,1-2H3,(H,19,21). The third kappa shape index (κ3) is 2.53. The number of aromatic nitrogens is 1. The maximum Gasteiger partial charge on any atom is 0.272 e. The molecular formula is C17H15ClN2O2. The summed E-state index contributed by atoms with van der Waals surface area (Å²) in [6.45, 7) is 0. The Morgan fingerprint density at radius 2 is 1.95 bits per heavy atom. The number of methoxy groups -OCH3 is 1. The average molecular weight is 315 g/mol. The zero-order valence-electron chi connectivity index (χ0n) is 12.3. The van der Waals surface area contributed by atoms with Gasteiger partial charge in [0.05, 0.1) is 12.6 Å². The Hall–Kier alpha value is -2.46. The van der Waals surface area contributed by atoms with Gasteiger partial charge in [0, 0.05) is 23.1 Å². The SMILES string of the molecule is COc1cccc2c1cc(C(=O)Nc1cccc(Cl)c1)n2C. The lowest BCUT2D eigenvalue weighted by Crippen LogP contribution is -2.15. The molecule has 0 spiro atoms. The Bertz CT molecular complexity index is 855. The summed E-state index contributed by atoms with van der Waals surface area (Å²) in [4.78, 5) is 12.5. The second-order valence-corrected chi connectivity index (χ2v) is 5.38. The Morgan fingerprint density at radius 1 is 1.18 bits per heavy atom. The van der Waals surface area contributed by atoms with E-state index in [-0.39, 0.29) is 5.91 Å². The third-order valence-corrected chi connectivity index (χ3v) is 3.82. The van der Waals surface area contributed by atoms with Gasteiger partial charge in [-0.15, -0.1) is 0 Å². The quantitative estimate of drug-likeness (QED) is 0.791. The maximum absolute atomic E-state index is 12.5. The third-order valence-electron chi connectivity index (χ3n) is 3.58. The topological polar surface area (TPSA) is 43.3 Å². The number of ether oxygens (including phenoxy) is 1. The van der Waals surface area contributed by atoms with Crippen molar-refractivity contribution in [1.82, 2.24) is 4.57 Å². The van der Waals surface area contributed by atoms with Crippen LogP contribution in [0.3, 0.4) is 0 Å². The van der Waals surface area contributed by atoms with E-state index in [4.69, 9.17) is 16.3 Å². The molecule has 1 aromatic heterocycles. The highest BCUT2D eigenvalue weighted by Gasteiger charge is 2.15. The molecule has 0 bridgehead atoms. The van der Waals surface area contributed by atoms with Gasteiger partial charge in [-0.25, -0.2) is 0 Å². The summed E-state index contributed by atoms with van der Waals surface area (Å²) in [5, 5.41) is 4.34. The molecule has 0 saturated heterocycles. The average Bonchev–Trinajstić information content (AvgIpc) is 2.85. The van der Waals surface area contributed by atoms with E-state index in [2.05, 4.69) is 5.32 Å². The largest absolute Gasteiger partial charge is 0.496 e. The minimum Gasteiger partial charge on any atom is -0.496 e. The van der Waals surface area contributed by atoms with Crippen molar-refractivity contribution in [3.63, 3.8) is 0 Å². The van der Waals surface area contributed by atoms with Gasteiger partial charge in [0.15, 0.2) is 0 Å². The fourth-order valence-electron chi connectivity index (χ4n) is 2.49. The molecule has 112 valence electrons. The van der Waals surface area contributed by atoms with Gasteiger partial charge in [-0.05, 0) is 36.4 Å². The van der Waals surface area contributed by atoms with Crippen LogP contribution < -0.4 is 10.1 Å². The first-order chi connectivity index (χ1) is 10.6. The molecule has 0 aliphatic rings. The van der Waals surface area contributed by atoms with Gasteiger partial charge in [-0.3, -0.25) is 4.79 Å². The number of carbonyl (C=O) groups excluding carboxylic acids is 1. The van der Waals surface area contributed by atoms with Crippen LogP contribution >= 0.6 is 11.6 Å². The smallest absolute Gasteiger partial charge is 0.272 e. The molecule has 0 saturated carbocycles. The lowest BCUT2D eigenvalue weighted by molar-refractivity contribution is 0.102. The van der Waals surface area contributed by atoms with Gasteiger partial charge < -0.3 is 14.6 Å². The molecule has 5 heteroatoms. The van der Waals surface area contributed by atoms with Gasteiger partial charge >= 0.3 is 0 Å². The van der Waals surface area contributed by atoms with Crippen LogP contribution in [0.15, 0.2) is 48.5 Å². The van der Waals surface area contributed by atoms with Gasteiger partial charge in [0.25, 0.3) is 5.91 Å². The summed E-state index contributed by atoms with van der Waals surface area (Å²) in [5.41, 5.74) is 2.16. The Balaban J connectivity index is 1.99. The van der Waals surface area contributed by atoms with E-state index < -0.39 is 0 Å². The molecule has 1 N–H and O–H groups in total. The molecular weight excluding hydrogens is 300 g/mol. The van der Waals surface area contributed by atoms with E-state index >= 15 is 0 Å². The summed E-state index contributed by atoms with van der Waals surface area (Å²) < 4.78 is 7.19. The molecule has 0 atom stereocenters. The van der Waals surface area contributed by atoms with Crippen LogP contribution in [-0.2, 0) is 7.05 Å². The van der Waals surface area contributed by atoms with Crippen LogP contribution in [0.1, 0.15) is 10.5 Å². The second-order valence-electron chi connectivity index (χ2n) is 4.95. The lowest BCUT2D eigenvalue weighted by Gasteiger charge is -2.07. The predicted octanol–water partition coefficient (Wildman–Crippen LogP) is 4.09. The first kappa shape index (κ1) is 14.5. The minimum atomic E-state index is -0.192. The minimum absolute atomic E-state index is 0.192. The number of amides is 1. The summed E-state index contributed by atoms with van der Waals surface area (Å²) in [5.74, 6) is 0.554. The van der Waals surface area contributed by atoms with E-state index in [1.807, 2.05) is 35.9 Å². The number of halogens is 1. The fraction of sp³-hybridized carbons (Fsp3) is 0.118. The monoisotopic (exact) mass is 314 g/mol. The molecule has 0 aliphatic heterocycles. The molecule has 3 aromatic rings. The van der Waals surface area contributed by atoms with E-state index in [1.165, 1.54) is 0 Å². The fourth-order valence-corrected chi connectivity index (χ4v) is 2.68. The van der Waals surface area contributed by atoms with Crippen molar-refractivity contribution in [2.45, 2.75) is 0 Å². The van der Waals surface area contributed by atoms with Gasteiger partial charge in [0.2, 0.25) is 0 Å². The highest BCUT2D eigenvalue weighted by Crippen LogP contribution is 2.28. The normalized spacial score (nSPS) is 10.7. The number of benzene rings is 2. The van der Waals surface area contributed by atoms with E-state index in [0.717, 1.165) is 16.7 Å². The number of nitrogens with one attached hydrogen (secondary N) is 1. The Labute approximate surface area is 133 Å². The number of fused-ring (bicyclic) bond motifs is 1. The predicted molar refractivity (Wildman–Crippen MR) is 88.9 cm³/mol. The van der Waals surface area contributed by atoms with Crippen molar-refractivity contribution >= 4 is 34.1 Å². The molecule has 0 radical (unpaired) electrons. The molecule has 2 aromatic carbocycles. The number of rotatable bonds is 3. The molecule has 0 aliphatic carbocycles. The molecule has 0 unspecified atom stereocenters. The number of anilines is 1. The summed E-state index contributed by atoms with van der Waals surface area (Å²) in [6.07, 6.45) is 0. The van der Waals surface area contributed by atoms with Crippen molar-refractivity contribution in [1.29, 1.82) is 0 Å². The van der Waals surface area contributed by atoms with Crippen molar-refractivity contribution in [3.8, 4) is 5.75 Å². The van der Waals surface area contributed by atoms with Crippen LogP contribution in [0, 0.1) is 0 Å². The molecule has 1 heterocycles. The summed E-state index contributed by atoms with van der Waals surface area (Å²) in [7, 11) is 3.47. The highest BCUT2D eigenvalue weighted by atomic mass is 35.5. The van der Waals surface area contributed by atoms with Crippen molar-refractivity contribution in [2.75, 3.05) is 12.4 Å². The van der Waals surface area contributed by atoms with Crippen LogP contribution in [0.2, 0.25) is 5.02 Å². The van der Waals surface area contributed by atoms with E-state index in [1.54, 1.807) is 31.4 Å². The van der Waals surface area contributed by atoms with Crippen molar-refractivity contribution < 1.29 is 9.53 Å². The van der Waals surface area contributed by atoms with Crippen molar-refractivity contribution in [3.05, 3.63) is 59.2 Å². The number of carbonyl (C=O) groups is 1. The first-order valence-corrected chi connectivity index (χ1v) is 7.17. The van der Waals surface area contributed by atoms with Gasteiger partial charge in [-0.1, -0.05) is 23.7 Å². The number of hydrogen-bond donors (Lipinski definition) is 1. The number of nitrogens with zero attached hydrogens (tertiary/aromatic N) is 1. The molecule has 0 fully saturated rings. The maximum atomic E-state index is 12.5. The zero-order chi connectivity index (χ0) is 15.7. The molecule has 1 amide bonds. The van der Waals surface area contributed by atoms with Crippen LogP contribution in [0.4, 0.5) is 5.69 Å². The lowest BCUT2D eigenvalue weighted by atomic mass is 10.2. The van der Waals surface area contributed by atoms with Crippen LogP contribution in [0.25, 0.3) is 10.9 Å². The van der Waals surface area contributed by atoms with Crippen molar-refractivity contribution in [2.24, 2.45) is 7.05 Å². The molecule has 3 rings (SSSR count). The van der Waals surface area contributed by atoms with Crippen LogP contribution in [0.5, 0.6) is 5.75 Å². The van der Waals surface area contributed by atoms with Gasteiger partial charge in [-0.2, -0.15) is 0 Å². The highest BCUT2D eigenvalue weighted by molar-refractivity contribution is 6.31. The van der Waals surface area contributed by atoms with Gasteiger partial charge in [0.1, 0.15) is 11.4 Å². The summed E-state index contributed by atoms with van der Waals surface area (Å²) >= 11 is 5.94. The Morgan fingerprint density at radius 3 is 2.68 bits per heavy atom. The molecule has 4 nitrogen and oxygen atoms in total. The van der Waals surface area contributed by atoms with Crippen LogP contribution in [-0.4, -0.2) is 17.6 Å². The molecule has 22 heavy (non-hydrogen) atoms. The zero-order valence-corrected chi connectivity index (χ0v) is 13.0.